The van der Waals surface area contributed by atoms with Crippen molar-refractivity contribution >= 4 is 95.8 Å². The zero-order valence-electron chi connectivity index (χ0n) is 50.2. The standard InChI is InChI=1S/C75H77BN4S/c1-71(2,3)51-32-30-49(31-33-51)48-26-28-50(29-27-48)70-77-63-47-65-62(46-68(63)81-70)76-61-43-53(73(7,8)9)36-39-64(61)79(58-37-34-52(35-38-58)72(4,5)6)66-44-60(78(56-22-18-16-19-23-56)57-24-20-17-21-25-57)45-67(69(66)76)80(65)59-41-54(74(10,11)12)40-55(42-59)75(13,14)15/h16-47H,1-15H3. The Balaban J connectivity index is 1.16. The van der Waals surface area contributed by atoms with Crippen LogP contribution in [0.15, 0.2) is 194 Å². The highest BCUT2D eigenvalue weighted by atomic mass is 32.1. The lowest BCUT2D eigenvalue weighted by Gasteiger charge is -2.45. The van der Waals surface area contributed by atoms with E-state index in [0.29, 0.717) is 0 Å². The minimum Gasteiger partial charge on any atom is -0.311 e. The van der Waals surface area contributed by atoms with Crippen LogP contribution in [0.1, 0.15) is 132 Å². The SMILES string of the molecule is CC(C)(C)c1ccc(-c2ccc(-c3nc4cc5c(cc4s3)B3c4cc(C(C)(C)C)ccc4N(c4ccc(C(C)(C)C)cc4)c4cc(N(c6ccccc6)c6ccccc6)cc(c43)N5c3cc(C(C)(C)C)cc(C(C)(C)C)c3)cc2)cc1. The van der Waals surface area contributed by atoms with Crippen LogP contribution in [0.3, 0.4) is 0 Å². The van der Waals surface area contributed by atoms with E-state index in [2.05, 4.69) is 313 Å². The van der Waals surface area contributed by atoms with Gasteiger partial charge in [0.25, 0.3) is 6.71 Å². The topological polar surface area (TPSA) is 22.6 Å². The van der Waals surface area contributed by atoms with Gasteiger partial charge in [-0.25, -0.2) is 4.98 Å². The molecule has 10 aromatic rings. The maximum atomic E-state index is 5.58. The van der Waals surface area contributed by atoms with Crippen LogP contribution in [0.25, 0.3) is 31.9 Å². The fraction of sp³-hybridized carbons (Fsp3) is 0.267. The molecule has 0 fully saturated rings. The Labute approximate surface area is 487 Å². The normalized spacial score (nSPS) is 13.5. The molecular formula is C75H77BN4S. The van der Waals surface area contributed by atoms with E-state index >= 15 is 0 Å². The van der Waals surface area contributed by atoms with Gasteiger partial charge >= 0.3 is 0 Å². The van der Waals surface area contributed by atoms with Gasteiger partial charge < -0.3 is 14.7 Å². The first-order valence-corrected chi connectivity index (χ1v) is 29.9. The molecule has 0 unspecified atom stereocenters. The molecule has 0 saturated carbocycles. The second kappa shape index (κ2) is 19.5. The van der Waals surface area contributed by atoms with Crippen molar-refractivity contribution < 1.29 is 0 Å². The Bertz CT molecular complexity index is 3920. The summed E-state index contributed by atoms with van der Waals surface area (Å²) in [6, 6.07) is 73.8. The van der Waals surface area contributed by atoms with Gasteiger partial charge in [-0.2, -0.15) is 0 Å². The molecule has 2 aliphatic rings. The average Bonchev–Trinajstić information content (AvgIpc) is 3.86. The van der Waals surface area contributed by atoms with Crippen LogP contribution < -0.4 is 31.1 Å². The minimum atomic E-state index is -0.118. The molecule has 0 aliphatic carbocycles. The highest BCUT2D eigenvalue weighted by Gasteiger charge is 2.45. The molecule has 0 atom stereocenters. The van der Waals surface area contributed by atoms with Crippen molar-refractivity contribution in [3.63, 3.8) is 0 Å². The van der Waals surface area contributed by atoms with Gasteiger partial charge in [-0.05, 0) is 161 Å². The maximum Gasteiger partial charge on any atom is 0.252 e. The van der Waals surface area contributed by atoms with Crippen molar-refractivity contribution in [1.29, 1.82) is 0 Å². The first kappa shape index (κ1) is 54.0. The molecule has 6 heteroatoms. The second-order valence-corrected chi connectivity index (χ2v) is 28.9. The van der Waals surface area contributed by atoms with Gasteiger partial charge in [0, 0.05) is 51.1 Å². The van der Waals surface area contributed by atoms with Gasteiger partial charge in [0.05, 0.1) is 15.9 Å². The van der Waals surface area contributed by atoms with E-state index in [4.69, 9.17) is 4.98 Å². The molecular weight excluding hydrogens is 1000 g/mol. The summed E-state index contributed by atoms with van der Waals surface area (Å²) < 4.78 is 1.18. The predicted molar refractivity (Wildman–Crippen MR) is 353 cm³/mol. The third-order valence-electron chi connectivity index (χ3n) is 16.8. The summed E-state index contributed by atoms with van der Waals surface area (Å²) in [6.45, 7) is 34.7. The quantitative estimate of drug-likeness (QED) is 0.148. The zero-order chi connectivity index (χ0) is 57.1. The highest BCUT2D eigenvalue weighted by molar-refractivity contribution is 7.21. The predicted octanol–water partition coefficient (Wildman–Crippen LogP) is 19.7. The number of para-hydroxylation sites is 2. The molecule has 9 aromatic carbocycles. The first-order valence-electron chi connectivity index (χ1n) is 29.0. The van der Waals surface area contributed by atoms with Crippen LogP contribution in [0.5, 0.6) is 0 Å². The number of thiazole rings is 1. The summed E-state index contributed by atoms with van der Waals surface area (Å²) in [6.07, 6.45) is 0. The monoisotopic (exact) mass is 1080 g/mol. The van der Waals surface area contributed by atoms with Gasteiger partial charge in [-0.15, -0.1) is 11.3 Å². The van der Waals surface area contributed by atoms with Crippen LogP contribution >= 0.6 is 11.3 Å². The lowest BCUT2D eigenvalue weighted by Crippen LogP contribution is -2.61. The van der Waals surface area contributed by atoms with Gasteiger partial charge in [0.1, 0.15) is 5.01 Å². The highest BCUT2D eigenvalue weighted by Crippen LogP contribution is 2.50. The fourth-order valence-corrected chi connectivity index (χ4v) is 13.0. The number of fused-ring (bicyclic) bond motifs is 5. The van der Waals surface area contributed by atoms with E-state index in [-0.39, 0.29) is 33.8 Å². The number of aromatic nitrogens is 1. The van der Waals surface area contributed by atoms with Crippen LogP contribution in [0, 0.1) is 0 Å². The minimum absolute atomic E-state index is 0.00206. The zero-order valence-corrected chi connectivity index (χ0v) is 51.1. The lowest BCUT2D eigenvalue weighted by atomic mass is 9.33. The Morgan fingerprint density at radius 1 is 0.358 bits per heavy atom. The molecule has 406 valence electrons. The molecule has 0 amide bonds. The van der Waals surface area contributed by atoms with Gasteiger partial charge in [0.15, 0.2) is 0 Å². The summed E-state index contributed by atoms with van der Waals surface area (Å²) in [5.74, 6) is 0. The summed E-state index contributed by atoms with van der Waals surface area (Å²) >= 11 is 1.80. The van der Waals surface area contributed by atoms with E-state index in [1.165, 1.54) is 71.4 Å². The Morgan fingerprint density at radius 3 is 1.31 bits per heavy atom. The number of hydrogen-bond acceptors (Lipinski definition) is 5. The van der Waals surface area contributed by atoms with Crippen LogP contribution in [0.4, 0.5) is 51.2 Å². The Morgan fingerprint density at radius 2 is 0.802 bits per heavy atom. The number of benzene rings is 9. The molecule has 0 spiro atoms. The summed E-state index contributed by atoms with van der Waals surface area (Å²) in [7, 11) is 0. The molecule has 4 nitrogen and oxygen atoms in total. The van der Waals surface area contributed by atoms with E-state index in [1.54, 1.807) is 11.3 Å². The molecule has 0 saturated heterocycles. The molecule has 1 aromatic heterocycles. The van der Waals surface area contributed by atoms with Gasteiger partial charge in [-0.1, -0.05) is 219 Å². The third-order valence-corrected chi connectivity index (χ3v) is 17.9. The number of nitrogens with zero attached hydrogens (tertiary/aromatic N) is 4. The van der Waals surface area contributed by atoms with Crippen LogP contribution in [0.2, 0.25) is 0 Å². The molecule has 0 bridgehead atoms. The van der Waals surface area contributed by atoms with E-state index in [0.717, 1.165) is 55.9 Å². The maximum absolute atomic E-state index is 5.58. The number of rotatable bonds is 7. The first-order chi connectivity index (χ1) is 38.3. The van der Waals surface area contributed by atoms with E-state index in [9.17, 15) is 0 Å². The van der Waals surface area contributed by atoms with E-state index in [1.807, 2.05) is 0 Å². The van der Waals surface area contributed by atoms with Crippen molar-refractivity contribution in [1.82, 2.24) is 4.98 Å². The van der Waals surface area contributed by atoms with Gasteiger partial charge in [0.2, 0.25) is 0 Å². The van der Waals surface area contributed by atoms with Crippen molar-refractivity contribution in [2.24, 2.45) is 0 Å². The lowest BCUT2D eigenvalue weighted by molar-refractivity contribution is 0.568. The van der Waals surface area contributed by atoms with Crippen molar-refractivity contribution in [3.8, 4) is 21.7 Å². The molecule has 0 N–H and O–H groups in total. The van der Waals surface area contributed by atoms with Crippen molar-refractivity contribution in [2.75, 3.05) is 14.7 Å². The summed E-state index contributed by atoms with van der Waals surface area (Å²) in [4.78, 5) is 13.2. The number of anilines is 9. The number of hydrogen-bond donors (Lipinski definition) is 0. The fourth-order valence-electron chi connectivity index (χ4n) is 12.0. The largest absolute Gasteiger partial charge is 0.311 e. The average molecular weight is 1080 g/mol. The van der Waals surface area contributed by atoms with E-state index < -0.39 is 0 Å². The molecule has 12 rings (SSSR count). The molecule has 0 radical (unpaired) electrons. The molecule has 3 heterocycles. The second-order valence-electron chi connectivity index (χ2n) is 27.9. The summed E-state index contributed by atoms with van der Waals surface area (Å²) in [5, 5.41) is 1.02. The van der Waals surface area contributed by atoms with Crippen LogP contribution in [-0.2, 0) is 27.1 Å². The molecule has 2 aliphatic heterocycles. The molecule has 81 heavy (non-hydrogen) atoms. The van der Waals surface area contributed by atoms with Crippen LogP contribution in [-0.4, -0.2) is 11.7 Å². The smallest absolute Gasteiger partial charge is 0.252 e. The third kappa shape index (κ3) is 9.98. The Hall–Kier alpha value is -7.67. The summed E-state index contributed by atoms with van der Waals surface area (Å²) in [5.41, 5.74) is 25.0. The van der Waals surface area contributed by atoms with Crippen molar-refractivity contribution in [3.05, 3.63) is 222 Å². The Kier molecular flexibility index (Phi) is 13.0. The van der Waals surface area contributed by atoms with Crippen molar-refractivity contribution in [2.45, 2.75) is 131 Å². The van der Waals surface area contributed by atoms with Gasteiger partial charge in [-0.3, -0.25) is 0 Å².